The number of aliphatic hydroxyl groups is 2. The van der Waals surface area contributed by atoms with Gasteiger partial charge in [0.05, 0.1) is 6.10 Å². The summed E-state index contributed by atoms with van der Waals surface area (Å²) in [5.41, 5.74) is 0. The molecular weight excluding hydrogens is 152 g/mol. The maximum Gasteiger partial charge on any atom is 0.0537 e. The summed E-state index contributed by atoms with van der Waals surface area (Å²) in [6.45, 7) is 4.24. The maximum absolute atomic E-state index is 9.18. The van der Waals surface area contributed by atoms with E-state index in [9.17, 15) is 5.11 Å². The second kappa shape index (κ2) is 7.56. The van der Waals surface area contributed by atoms with Crippen LogP contribution in [0, 0.1) is 5.92 Å². The van der Waals surface area contributed by atoms with E-state index in [0.29, 0.717) is 12.5 Å². The van der Waals surface area contributed by atoms with Crippen molar-refractivity contribution in [1.82, 2.24) is 0 Å². The minimum atomic E-state index is -0.178. The van der Waals surface area contributed by atoms with Crippen molar-refractivity contribution in [2.75, 3.05) is 6.61 Å². The molecule has 0 saturated carbocycles. The summed E-state index contributed by atoms with van der Waals surface area (Å²) in [6.07, 6.45) is 5.31. The van der Waals surface area contributed by atoms with Crippen LogP contribution in [-0.2, 0) is 0 Å². The van der Waals surface area contributed by atoms with Gasteiger partial charge in [0.25, 0.3) is 0 Å². The van der Waals surface area contributed by atoms with Gasteiger partial charge in [0.2, 0.25) is 0 Å². The van der Waals surface area contributed by atoms with Gasteiger partial charge < -0.3 is 10.2 Å². The minimum Gasteiger partial charge on any atom is -0.396 e. The van der Waals surface area contributed by atoms with E-state index < -0.39 is 0 Å². The van der Waals surface area contributed by atoms with Gasteiger partial charge in [-0.2, -0.15) is 0 Å². The molecule has 0 spiro atoms. The largest absolute Gasteiger partial charge is 0.396 e. The van der Waals surface area contributed by atoms with E-state index in [2.05, 4.69) is 6.92 Å². The van der Waals surface area contributed by atoms with Crippen molar-refractivity contribution in [3.8, 4) is 0 Å². The molecule has 0 amide bonds. The van der Waals surface area contributed by atoms with Crippen molar-refractivity contribution in [1.29, 1.82) is 0 Å². The van der Waals surface area contributed by atoms with Crippen molar-refractivity contribution < 1.29 is 10.2 Å². The van der Waals surface area contributed by atoms with Crippen molar-refractivity contribution in [3.05, 3.63) is 0 Å². The number of aliphatic hydroxyl groups excluding tert-OH is 2. The van der Waals surface area contributed by atoms with Crippen LogP contribution in [0.4, 0.5) is 0 Å². The van der Waals surface area contributed by atoms with Crippen LogP contribution in [0.15, 0.2) is 0 Å². The Balaban J connectivity index is 3.08. The third kappa shape index (κ3) is 6.62. The molecule has 2 N–H and O–H groups in total. The normalized spacial score (nSPS) is 16.0. The zero-order valence-corrected chi connectivity index (χ0v) is 8.29. The van der Waals surface area contributed by atoms with E-state index in [1.807, 2.05) is 6.92 Å². The highest BCUT2D eigenvalue weighted by atomic mass is 16.3. The molecule has 2 heteroatoms. The molecule has 0 radical (unpaired) electrons. The van der Waals surface area contributed by atoms with Gasteiger partial charge in [-0.15, -0.1) is 0 Å². The SMILES string of the molecule is C[C@H](O)[C@H](C)CCCCCCO. The van der Waals surface area contributed by atoms with E-state index in [1.54, 1.807) is 0 Å². The van der Waals surface area contributed by atoms with Gasteiger partial charge in [0.15, 0.2) is 0 Å². The average molecular weight is 174 g/mol. The van der Waals surface area contributed by atoms with Gasteiger partial charge in [-0.3, -0.25) is 0 Å². The molecule has 2 nitrogen and oxygen atoms in total. The van der Waals surface area contributed by atoms with Crippen molar-refractivity contribution in [2.45, 2.75) is 52.1 Å². The molecule has 2 atom stereocenters. The van der Waals surface area contributed by atoms with E-state index in [-0.39, 0.29) is 6.10 Å². The second-order valence-corrected chi connectivity index (χ2v) is 3.64. The zero-order chi connectivity index (χ0) is 9.40. The molecule has 0 aromatic heterocycles. The fourth-order valence-electron chi connectivity index (χ4n) is 1.17. The molecule has 0 unspecified atom stereocenters. The fourth-order valence-corrected chi connectivity index (χ4v) is 1.17. The maximum atomic E-state index is 9.18. The van der Waals surface area contributed by atoms with Crippen LogP contribution >= 0.6 is 0 Å². The molecule has 0 bridgehead atoms. The van der Waals surface area contributed by atoms with Gasteiger partial charge in [-0.05, 0) is 25.7 Å². The first-order valence-corrected chi connectivity index (χ1v) is 4.97. The van der Waals surface area contributed by atoms with E-state index >= 15 is 0 Å². The lowest BCUT2D eigenvalue weighted by molar-refractivity contribution is 0.128. The van der Waals surface area contributed by atoms with Crippen LogP contribution in [-0.4, -0.2) is 22.9 Å². The van der Waals surface area contributed by atoms with Gasteiger partial charge in [0.1, 0.15) is 0 Å². The Bertz CT molecular complexity index is 91.8. The predicted molar refractivity (Wildman–Crippen MR) is 51.0 cm³/mol. The van der Waals surface area contributed by atoms with Crippen LogP contribution in [0.1, 0.15) is 46.0 Å². The number of hydrogen-bond donors (Lipinski definition) is 2. The van der Waals surface area contributed by atoms with Crippen molar-refractivity contribution in [3.63, 3.8) is 0 Å². The van der Waals surface area contributed by atoms with Gasteiger partial charge in [0, 0.05) is 6.61 Å². The Morgan fingerprint density at radius 2 is 1.58 bits per heavy atom. The lowest BCUT2D eigenvalue weighted by atomic mass is 9.98. The Hall–Kier alpha value is -0.0800. The third-order valence-electron chi connectivity index (χ3n) is 2.39. The minimum absolute atomic E-state index is 0.178. The van der Waals surface area contributed by atoms with Crippen molar-refractivity contribution in [2.24, 2.45) is 5.92 Å². The third-order valence-corrected chi connectivity index (χ3v) is 2.39. The smallest absolute Gasteiger partial charge is 0.0537 e. The van der Waals surface area contributed by atoms with Crippen LogP contribution in [0.2, 0.25) is 0 Å². The monoisotopic (exact) mass is 174 g/mol. The Morgan fingerprint density at radius 1 is 1.00 bits per heavy atom. The first kappa shape index (κ1) is 11.9. The van der Waals surface area contributed by atoms with Crippen LogP contribution in [0.5, 0.6) is 0 Å². The number of hydrogen-bond acceptors (Lipinski definition) is 2. The summed E-state index contributed by atoms with van der Waals surface area (Å²) in [6, 6.07) is 0. The highest BCUT2D eigenvalue weighted by molar-refractivity contribution is 4.58. The van der Waals surface area contributed by atoms with Crippen LogP contribution in [0.3, 0.4) is 0 Å². The van der Waals surface area contributed by atoms with Gasteiger partial charge in [-0.25, -0.2) is 0 Å². The Kier molecular flexibility index (Phi) is 7.51. The lowest BCUT2D eigenvalue weighted by Crippen LogP contribution is -2.12. The summed E-state index contributed by atoms with van der Waals surface area (Å²) in [5, 5.41) is 17.7. The average Bonchev–Trinajstić information content (AvgIpc) is 2.03. The van der Waals surface area contributed by atoms with Crippen LogP contribution in [0.25, 0.3) is 0 Å². The van der Waals surface area contributed by atoms with E-state index in [4.69, 9.17) is 5.11 Å². The summed E-state index contributed by atoms with van der Waals surface area (Å²) in [7, 11) is 0. The molecule has 0 aliphatic rings. The molecule has 0 aliphatic heterocycles. The molecule has 12 heavy (non-hydrogen) atoms. The molecule has 0 aliphatic carbocycles. The summed E-state index contributed by atoms with van der Waals surface area (Å²) in [5.74, 6) is 0.416. The molecule has 0 aromatic rings. The quantitative estimate of drug-likeness (QED) is 0.579. The lowest BCUT2D eigenvalue weighted by Gasteiger charge is -2.13. The molecule has 0 fully saturated rings. The predicted octanol–water partition coefficient (Wildman–Crippen LogP) is 1.95. The molecule has 74 valence electrons. The standard InChI is InChI=1S/C10H22O2/c1-9(10(2)12)7-5-3-4-6-8-11/h9-12H,3-8H2,1-2H3/t9-,10+/m1/s1. The highest BCUT2D eigenvalue weighted by Crippen LogP contribution is 2.13. The Labute approximate surface area is 75.6 Å². The highest BCUT2D eigenvalue weighted by Gasteiger charge is 2.07. The van der Waals surface area contributed by atoms with Gasteiger partial charge >= 0.3 is 0 Å². The first-order chi connectivity index (χ1) is 5.68. The van der Waals surface area contributed by atoms with Crippen molar-refractivity contribution >= 4 is 0 Å². The molecule has 0 rings (SSSR count). The first-order valence-electron chi connectivity index (χ1n) is 4.97. The van der Waals surface area contributed by atoms with Gasteiger partial charge in [-0.1, -0.05) is 26.2 Å². The van der Waals surface area contributed by atoms with E-state index in [1.165, 1.54) is 12.8 Å². The second-order valence-electron chi connectivity index (χ2n) is 3.64. The number of rotatable bonds is 7. The topological polar surface area (TPSA) is 40.5 Å². The number of unbranched alkanes of at least 4 members (excludes halogenated alkanes) is 3. The molecule has 0 heterocycles. The summed E-state index contributed by atoms with van der Waals surface area (Å²) < 4.78 is 0. The van der Waals surface area contributed by atoms with Crippen LogP contribution < -0.4 is 0 Å². The fraction of sp³-hybridized carbons (Fsp3) is 1.00. The van der Waals surface area contributed by atoms with E-state index in [0.717, 1.165) is 19.3 Å². The Morgan fingerprint density at radius 3 is 2.08 bits per heavy atom. The molecule has 0 saturated heterocycles. The summed E-state index contributed by atoms with van der Waals surface area (Å²) >= 11 is 0. The summed E-state index contributed by atoms with van der Waals surface area (Å²) in [4.78, 5) is 0. The molecular formula is C10H22O2. The zero-order valence-electron chi connectivity index (χ0n) is 8.29. The molecule has 0 aromatic carbocycles.